The minimum absolute atomic E-state index is 0.418. The summed E-state index contributed by atoms with van der Waals surface area (Å²) in [6.45, 7) is 3.48. The second-order valence-electron chi connectivity index (χ2n) is 8.89. The van der Waals surface area contributed by atoms with Crippen molar-refractivity contribution in [1.82, 2.24) is 4.44 Å². The van der Waals surface area contributed by atoms with Gasteiger partial charge in [-0.05, 0) is 49.1 Å². The number of hydrogen-bond acceptors (Lipinski definition) is 1. The molecule has 0 spiro atoms. The average Bonchev–Trinajstić information content (AvgIpc) is 3.36. The molecule has 0 amide bonds. The van der Waals surface area contributed by atoms with E-state index in [-0.39, 0.29) is 0 Å². The number of benzene rings is 4. The van der Waals surface area contributed by atoms with Crippen LogP contribution in [0.1, 0.15) is 48.6 Å². The monoisotopic (exact) mass is 481 g/mol. The Labute approximate surface area is 207 Å². The van der Waals surface area contributed by atoms with E-state index in [0.29, 0.717) is 11.3 Å². The van der Waals surface area contributed by atoms with Crippen LogP contribution in [-0.2, 0) is 0 Å². The zero-order valence-corrected chi connectivity index (χ0v) is 21.7. The highest BCUT2D eigenvalue weighted by molar-refractivity contribution is 7.79. The van der Waals surface area contributed by atoms with Gasteiger partial charge in [-0.15, -0.1) is 0 Å². The lowest BCUT2D eigenvalue weighted by atomic mass is 10.0. The van der Waals surface area contributed by atoms with E-state index < -0.39 is 16.1 Å². The molecular weight excluding hydrogens is 448 g/mol. The smallest absolute Gasteiger partial charge is 0.0318 e. The Balaban J connectivity index is 1.65. The van der Waals surface area contributed by atoms with E-state index in [1.807, 2.05) is 0 Å². The highest BCUT2D eigenvalue weighted by Crippen LogP contribution is 2.76. The molecule has 172 valence electrons. The van der Waals surface area contributed by atoms with Crippen LogP contribution in [0.4, 0.5) is 0 Å². The normalized spacial score (nSPS) is 20.1. The van der Waals surface area contributed by atoms with E-state index in [2.05, 4.69) is 133 Å². The van der Waals surface area contributed by atoms with Crippen molar-refractivity contribution < 1.29 is 0 Å². The molecule has 1 aliphatic rings. The Morgan fingerprint density at radius 1 is 0.618 bits per heavy atom. The van der Waals surface area contributed by atoms with Crippen LogP contribution in [0.5, 0.6) is 0 Å². The van der Waals surface area contributed by atoms with E-state index in [1.165, 1.54) is 41.0 Å². The third-order valence-corrected chi connectivity index (χ3v) is 13.2. The van der Waals surface area contributed by atoms with Gasteiger partial charge in [0.15, 0.2) is 0 Å². The van der Waals surface area contributed by atoms with Gasteiger partial charge in [0.2, 0.25) is 0 Å². The average molecular weight is 482 g/mol. The van der Waals surface area contributed by atoms with Crippen molar-refractivity contribution >= 4 is 26.8 Å². The number of hydrogen-bond donors (Lipinski definition) is 0. The zero-order valence-electron chi connectivity index (χ0n) is 19.9. The van der Waals surface area contributed by atoms with Crippen molar-refractivity contribution in [2.24, 2.45) is 0 Å². The molecule has 1 aliphatic heterocycles. The Morgan fingerprint density at radius 3 is 1.38 bits per heavy atom. The van der Waals surface area contributed by atoms with Gasteiger partial charge < -0.3 is 0 Å². The van der Waals surface area contributed by atoms with E-state index in [0.717, 1.165) is 6.54 Å². The van der Waals surface area contributed by atoms with Crippen LogP contribution in [0.3, 0.4) is 0 Å². The van der Waals surface area contributed by atoms with E-state index in [1.54, 1.807) is 0 Å². The molecule has 0 aliphatic carbocycles. The summed E-state index contributed by atoms with van der Waals surface area (Å²) in [6, 6.07) is 45.2. The van der Waals surface area contributed by atoms with Crippen LogP contribution < -0.4 is 10.6 Å². The highest BCUT2D eigenvalue weighted by Gasteiger charge is 2.43. The van der Waals surface area contributed by atoms with Crippen LogP contribution in [0.15, 0.2) is 121 Å². The molecule has 34 heavy (non-hydrogen) atoms. The summed E-state index contributed by atoms with van der Waals surface area (Å²) in [6.07, 6.45) is 3.70. The fourth-order valence-corrected chi connectivity index (χ4v) is 12.8. The molecule has 0 radical (unpaired) electrons. The standard InChI is InChI=1S/C31H33NP2/c1-2-25-32(33(28-19-11-5-12-20-28)29-21-13-6-14-22-29)34-30(26-15-7-3-8-16-26)23-24-31(34)27-17-9-4-10-18-27/h3-22,30-31H,2,23-25H2,1H3. The van der Waals surface area contributed by atoms with Gasteiger partial charge in [0.25, 0.3) is 0 Å². The van der Waals surface area contributed by atoms with Crippen molar-refractivity contribution in [2.75, 3.05) is 6.54 Å². The topological polar surface area (TPSA) is 3.24 Å². The fourth-order valence-electron chi connectivity index (χ4n) is 5.18. The van der Waals surface area contributed by atoms with Gasteiger partial charge in [0, 0.05) is 25.9 Å². The van der Waals surface area contributed by atoms with E-state index in [4.69, 9.17) is 0 Å². The van der Waals surface area contributed by atoms with Crippen molar-refractivity contribution in [3.63, 3.8) is 0 Å². The summed E-state index contributed by atoms with van der Waals surface area (Å²) >= 11 is 0. The van der Waals surface area contributed by atoms with Crippen molar-refractivity contribution in [3.8, 4) is 0 Å². The third kappa shape index (κ3) is 5.04. The third-order valence-electron chi connectivity index (χ3n) is 6.64. The summed E-state index contributed by atoms with van der Waals surface area (Å²) in [7, 11) is -1.02. The summed E-state index contributed by atoms with van der Waals surface area (Å²) in [4.78, 5) is 0. The van der Waals surface area contributed by atoms with Crippen LogP contribution in [-0.4, -0.2) is 11.0 Å². The van der Waals surface area contributed by atoms with Crippen molar-refractivity contribution in [3.05, 3.63) is 132 Å². The molecule has 5 rings (SSSR count). The Hall–Kier alpha value is -2.30. The minimum Gasteiger partial charge on any atom is -0.251 e. The summed E-state index contributed by atoms with van der Waals surface area (Å²) in [5, 5.41) is 2.93. The van der Waals surface area contributed by atoms with Crippen LogP contribution in [0.25, 0.3) is 0 Å². The Bertz CT molecular complexity index is 1050. The summed E-state index contributed by atoms with van der Waals surface area (Å²) in [5.41, 5.74) is 4.24. The molecule has 4 aromatic rings. The molecule has 2 atom stereocenters. The fraction of sp³-hybridized carbons (Fsp3) is 0.226. The van der Waals surface area contributed by atoms with E-state index in [9.17, 15) is 0 Å². The molecule has 1 nitrogen and oxygen atoms in total. The first-order chi connectivity index (χ1) is 16.9. The first kappa shape index (κ1) is 23.4. The van der Waals surface area contributed by atoms with Gasteiger partial charge in [-0.25, -0.2) is 0 Å². The van der Waals surface area contributed by atoms with Crippen LogP contribution in [0, 0.1) is 0 Å². The first-order valence-electron chi connectivity index (χ1n) is 12.4. The lowest BCUT2D eigenvalue weighted by Crippen LogP contribution is -2.27. The predicted octanol–water partition coefficient (Wildman–Crippen LogP) is 8.42. The second-order valence-corrected chi connectivity index (χ2v) is 13.8. The lowest BCUT2D eigenvalue weighted by Gasteiger charge is -2.42. The quantitative estimate of drug-likeness (QED) is 0.228. The zero-order chi connectivity index (χ0) is 23.2. The summed E-state index contributed by atoms with van der Waals surface area (Å²) in [5.74, 6) is 0. The molecule has 0 bridgehead atoms. The molecule has 1 saturated heterocycles. The maximum absolute atomic E-state index is 2.97. The molecule has 2 unspecified atom stereocenters. The van der Waals surface area contributed by atoms with Crippen LogP contribution >= 0.6 is 16.1 Å². The van der Waals surface area contributed by atoms with Gasteiger partial charge in [0.05, 0.1) is 0 Å². The number of rotatable bonds is 8. The molecule has 0 N–H and O–H groups in total. The Kier molecular flexibility index (Phi) is 7.87. The maximum atomic E-state index is 2.97. The lowest BCUT2D eigenvalue weighted by molar-refractivity contribution is 0.670. The SMILES string of the molecule is CCCN(P(c1ccccc1)c1ccccc1)P1C(c2ccccc2)CCC1c1ccccc1. The van der Waals surface area contributed by atoms with Crippen molar-refractivity contribution in [1.29, 1.82) is 0 Å². The highest BCUT2D eigenvalue weighted by atomic mass is 31.2. The predicted molar refractivity (Wildman–Crippen MR) is 151 cm³/mol. The molecule has 3 heteroatoms. The molecule has 4 aromatic carbocycles. The maximum Gasteiger partial charge on any atom is 0.0318 e. The van der Waals surface area contributed by atoms with Gasteiger partial charge in [-0.2, -0.15) is 0 Å². The molecule has 0 aromatic heterocycles. The molecular formula is C31H33NP2. The number of nitrogens with zero attached hydrogens (tertiary/aromatic N) is 1. The van der Waals surface area contributed by atoms with Gasteiger partial charge in [0.1, 0.15) is 0 Å². The van der Waals surface area contributed by atoms with Crippen LogP contribution in [0.2, 0.25) is 0 Å². The minimum atomic E-state index is -0.603. The largest absolute Gasteiger partial charge is 0.251 e. The first-order valence-corrected chi connectivity index (χ1v) is 15.2. The second kappa shape index (κ2) is 11.4. The molecule has 0 saturated carbocycles. The van der Waals surface area contributed by atoms with Gasteiger partial charge in [-0.1, -0.05) is 128 Å². The molecule has 1 heterocycles. The summed E-state index contributed by atoms with van der Waals surface area (Å²) < 4.78 is 2.97. The molecule has 1 fully saturated rings. The van der Waals surface area contributed by atoms with Gasteiger partial charge >= 0.3 is 0 Å². The Morgan fingerprint density at radius 2 is 1.00 bits per heavy atom. The van der Waals surface area contributed by atoms with Gasteiger partial charge in [-0.3, -0.25) is 4.44 Å². The van der Waals surface area contributed by atoms with E-state index >= 15 is 0 Å². The van der Waals surface area contributed by atoms with Crippen molar-refractivity contribution in [2.45, 2.75) is 37.5 Å².